The Bertz CT molecular complexity index is 473. The molecule has 0 aliphatic heterocycles. The molecule has 0 spiro atoms. The number of carboxylic acid groups (broad SMARTS) is 1. The Labute approximate surface area is 99.3 Å². The highest BCUT2D eigenvalue weighted by atomic mass is 19.4. The van der Waals surface area contributed by atoms with E-state index < -0.39 is 47.2 Å². The van der Waals surface area contributed by atoms with Gasteiger partial charge in [0.25, 0.3) is 0 Å². The first kappa shape index (κ1) is 14.1. The summed E-state index contributed by atoms with van der Waals surface area (Å²) in [4.78, 5) is 10.4. The molecule has 0 aromatic heterocycles. The molecule has 0 amide bonds. The molecule has 5 nitrogen and oxygen atoms in total. The number of aromatic hydroxyl groups is 2. The van der Waals surface area contributed by atoms with Crippen LogP contribution in [0.2, 0.25) is 0 Å². The first-order valence-corrected chi connectivity index (χ1v) is 4.73. The Kier molecular flexibility index (Phi) is 3.70. The van der Waals surface area contributed by atoms with Gasteiger partial charge in [-0.05, 0) is 17.7 Å². The van der Waals surface area contributed by atoms with Gasteiger partial charge in [-0.25, -0.2) is 0 Å². The van der Waals surface area contributed by atoms with Crippen molar-refractivity contribution in [3.05, 3.63) is 23.3 Å². The fraction of sp³-hybridized carbons (Fsp3) is 0.300. The second kappa shape index (κ2) is 4.73. The van der Waals surface area contributed by atoms with E-state index in [1.165, 1.54) is 0 Å². The van der Waals surface area contributed by atoms with Crippen LogP contribution in [0.15, 0.2) is 12.1 Å². The highest BCUT2D eigenvalue weighted by molar-refractivity contribution is 5.68. The predicted molar refractivity (Wildman–Crippen MR) is 54.0 cm³/mol. The van der Waals surface area contributed by atoms with Crippen LogP contribution in [0.1, 0.15) is 23.6 Å². The first-order chi connectivity index (χ1) is 8.12. The number of aliphatic carboxylic acids is 1. The summed E-state index contributed by atoms with van der Waals surface area (Å²) >= 11 is 0. The molecule has 1 unspecified atom stereocenters. The van der Waals surface area contributed by atoms with Crippen molar-refractivity contribution in [3.8, 4) is 11.5 Å². The molecule has 0 saturated carbocycles. The van der Waals surface area contributed by atoms with E-state index in [1.54, 1.807) is 0 Å². The Morgan fingerprint density at radius 2 is 1.78 bits per heavy atom. The number of phenolic OH excluding ortho intramolecular Hbond substituents is 2. The second-order valence-electron chi connectivity index (χ2n) is 3.63. The maximum absolute atomic E-state index is 12.7. The molecule has 0 saturated heterocycles. The Balaban J connectivity index is 3.32. The quantitative estimate of drug-likeness (QED) is 0.621. The molecular formula is C10H10F3NO4. The minimum Gasteiger partial charge on any atom is -0.504 e. The normalized spacial score (nSPS) is 13.3. The fourth-order valence-corrected chi connectivity index (χ4v) is 1.44. The average molecular weight is 265 g/mol. The van der Waals surface area contributed by atoms with Crippen molar-refractivity contribution in [1.82, 2.24) is 0 Å². The van der Waals surface area contributed by atoms with Crippen molar-refractivity contribution < 1.29 is 33.3 Å². The molecule has 18 heavy (non-hydrogen) atoms. The van der Waals surface area contributed by atoms with E-state index in [-0.39, 0.29) is 0 Å². The van der Waals surface area contributed by atoms with Gasteiger partial charge >= 0.3 is 12.1 Å². The van der Waals surface area contributed by atoms with Crippen molar-refractivity contribution in [2.45, 2.75) is 18.6 Å². The SMILES string of the molecule is NC(CC(=O)O)c1cc(O)c(O)cc1C(F)(F)F. The molecule has 100 valence electrons. The van der Waals surface area contributed by atoms with E-state index in [9.17, 15) is 18.0 Å². The van der Waals surface area contributed by atoms with Gasteiger partial charge < -0.3 is 21.1 Å². The van der Waals surface area contributed by atoms with Gasteiger partial charge in [0.2, 0.25) is 0 Å². The number of carbonyl (C=O) groups is 1. The molecule has 1 aromatic carbocycles. The highest BCUT2D eigenvalue weighted by Crippen LogP contribution is 2.40. The van der Waals surface area contributed by atoms with Crippen LogP contribution >= 0.6 is 0 Å². The molecule has 5 N–H and O–H groups in total. The summed E-state index contributed by atoms with van der Waals surface area (Å²) in [7, 11) is 0. The Morgan fingerprint density at radius 3 is 2.22 bits per heavy atom. The summed E-state index contributed by atoms with van der Waals surface area (Å²) in [6.45, 7) is 0. The van der Waals surface area contributed by atoms with Gasteiger partial charge in [0.05, 0.1) is 12.0 Å². The summed E-state index contributed by atoms with van der Waals surface area (Å²) in [5.41, 5.74) is 3.48. The minimum atomic E-state index is -4.81. The summed E-state index contributed by atoms with van der Waals surface area (Å²) in [6.07, 6.45) is -5.54. The van der Waals surface area contributed by atoms with Crippen molar-refractivity contribution >= 4 is 5.97 Å². The van der Waals surface area contributed by atoms with Gasteiger partial charge in [-0.1, -0.05) is 0 Å². The number of halogens is 3. The van der Waals surface area contributed by atoms with Gasteiger partial charge in [-0.15, -0.1) is 0 Å². The Morgan fingerprint density at radius 1 is 1.28 bits per heavy atom. The van der Waals surface area contributed by atoms with Crippen LogP contribution in [-0.4, -0.2) is 21.3 Å². The number of rotatable bonds is 3. The largest absolute Gasteiger partial charge is 0.504 e. The molecule has 0 heterocycles. The van der Waals surface area contributed by atoms with Crippen molar-refractivity contribution in [2.24, 2.45) is 5.73 Å². The summed E-state index contributed by atoms with van der Waals surface area (Å²) in [5, 5.41) is 26.7. The van der Waals surface area contributed by atoms with Gasteiger partial charge in [-0.2, -0.15) is 13.2 Å². The lowest BCUT2D eigenvalue weighted by molar-refractivity contribution is -0.140. The molecule has 0 fully saturated rings. The summed E-state index contributed by atoms with van der Waals surface area (Å²) in [6, 6.07) is -0.511. The zero-order valence-electron chi connectivity index (χ0n) is 8.90. The molecule has 0 radical (unpaired) electrons. The van der Waals surface area contributed by atoms with Gasteiger partial charge in [0, 0.05) is 6.04 Å². The van der Waals surface area contributed by atoms with Crippen LogP contribution in [0.3, 0.4) is 0 Å². The number of benzene rings is 1. The van der Waals surface area contributed by atoms with E-state index in [4.69, 9.17) is 21.1 Å². The number of phenols is 2. The van der Waals surface area contributed by atoms with E-state index in [0.29, 0.717) is 12.1 Å². The van der Waals surface area contributed by atoms with Crippen molar-refractivity contribution in [2.75, 3.05) is 0 Å². The number of hydrogen-bond acceptors (Lipinski definition) is 4. The molecule has 8 heteroatoms. The second-order valence-corrected chi connectivity index (χ2v) is 3.63. The zero-order valence-corrected chi connectivity index (χ0v) is 8.90. The van der Waals surface area contributed by atoms with Gasteiger partial charge in [0.1, 0.15) is 0 Å². The molecule has 1 rings (SSSR count). The molecular weight excluding hydrogens is 255 g/mol. The van der Waals surface area contributed by atoms with E-state index in [2.05, 4.69) is 0 Å². The van der Waals surface area contributed by atoms with Crippen LogP contribution in [0, 0.1) is 0 Å². The van der Waals surface area contributed by atoms with Crippen LogP contribution in [0.4, 0.5) is 13.2 Å². The van der Waals surface area contributed by atoms with Crippen LogP contribution in [0.5, 0.6) is 11.5 Å². The topological polar surface area (TPSA) is 104 Å². The third-order valence-electron chi connectivity index (χ3n) is 2.25. The lowest BCUT2D eigenvalue weighted by Crippen LogP contribution is -2.20. The first-order valence-electron chi connectivity index (χ1n) is 4.73. The molecule has 0 aliphatic rings. The molecule has 0 aliphatic carbocycles. The number of alkyl halides is 3. The maximum Gasteiger partial charge on any atom is 0.416 e. The number of carboxylic acids is 1. The summed E-state index contributed by atoms with van der Waals surface area (Å²) < 4.78 is 38.0. The van der Waals surface area contributed by atoms with E-state index in [1.807, 2.05) is 0 Å². The van der Waals surface area contributed by atoms with E-state index in [0.717, 1.165) is 0 Å². The molecule has 0 bridgehead atoms. The van der Waals surface area contributed by atoms with E-state index >= 15 is 0 Å². The smallest absolute Gasteiger partial charge is 0.416 e. The van der Waals surface area contributed by atoms with Crippen LogP contribution in [-0.2, 0) is 11.0 Å². The highest BCUT2D eigenvalue weighted by Gasteiger charge is 2.36. The van der Waals surface area contributed by atoms with Crippen molar-refractivity contribution in [1.29, 1.82) is 0 Å². The Hall–Kier alpha value is -1.96. The molecule has 1 atom stereocenters. The summed E-state index contributed by atoms with van der Waals surface area (Å²) in [5.74, 6) is -3.12. The predicted octanol–water partition coefficient (Wildman–Crippen LogP) is 1.59. The molecule has 1 aromatic rings. The monoisotopic (exact) mass is 265 g/mol. The third kappa shape index (κ3) is 3.04. The third-order valence-corrected chi connectivity index (χ3v) is 2.25. The number of nitrogens with two attached hydrogens (primary N) is 1. The maximum atomic E-state index is 12.7. The standard InChI is InChI=1S/C10H10F3NO4/c11-10(12,13)5-2-8(16)7(15)1-4(5)6(14)3-9(17)18/h1-2,6,15-16H,3,14H2,(H,17,18). The fourth-order valence-electron chi connectivity index (χ4n) is 1.44. The van der Waals surface area contributed by atoms with Gasteiger partial charge in [-0.3, -0.25) is 4.79 Å². The van der Waals surface area contributed by atoms with Crippen molar-refractivity contribution in [3.63, 3.8) is 0 Å². The van der Waals surface area contributed by atoms with Crippen LogP contribution in [0.25, 0.3) is 0 Å². The average Bonchev–Trinajstić information content (AvgIpc) is 2.18. The lowest BCUT2D eigenvalue weighted by Gasteiger charge is -2.18. The zero-order chi connectivity index (χ0) is 14.1. The van der Waals surface area contributed by atoms with Crippen LogP contribution < -0.4 is 5.73 Å². The lowest BCUT2D eigenvalue weighted by atomic mass is 9.97. The minimum absolute atomic E-state index is 0.312. The van der Waals surface area contributed by atoms with Gasteiger partial charge in [0.15, 0.2) is 11.5 Å². The number of hydrogen-bond donors (Lipinski definition) is 4.